The second-order valence-corrected chi connectivity index (χ2v) is 6.41. The molecule has 6 heteroatoms. The van der Waals surface area contributed by atoms with Crippen molar-refractivity contribution >= 4 is 28.4 Å². The number of hydrogen-bond donors (Lipinski definition) is 0. The average molecular weight is 339 g/mol. The summed E-state index contributed by atoms with van der Waals surface area (Å²) in [6.07, 6.45) is 4.87. The Bertz CT molecular complexity index is 944. The smallest absolute Gasteiger partial charge is 0.231 e. The van der Waals surface area contributed by atoms with Crippen LogP contribution < -0.4 is 4.74 Å². The van der Waals surface area contributed by atoms with Crippen LogP contribution in [0.2, 0.25) is 0 Å². The maximum atomic E-state index is 5.93. The summed E-state index contributed by atoms with van der Waals surface area (Å²) in [5, 5.41) is 5.61. The summed E-state index contributed by atoms with van der Waals surface area (Å²) in [5.41, 5.74) is 2.43. The molecule has 0 fully saturated rings. The molecule has 0 radical (unpaired) electrons. The molecule has 0 aliphatic heterocycles. The van der Waals surface area contributed by atoms with Crippen LogP contribution in [-0.2, 0) is 0 Å². The normalized spacial score (nSPS) is 11.4. The molecule has 0 spiro atoms. The van der Waals surface area contributed by atoms with Gasteiger partial charge in [0.2, 0.25) is 5.88 Å². The third-order valence-electron chi connectivity index (χ3n) is 3.76. The highest BCUT2D eigenvalue weighted by Gasteiger charge is 2.13. The summed E-state index contributed by atoms with van der Waals surface area (Å²) >= 11 is 1.81. The van der Waals surface area contributed by atoms with Crippen LogP contribution in [0.4, 0.5) is 0 Å². The maximum Gasteiger partial charge on any atom is 0.231 e. The third kappa shape index (κ3) is 2.85. The number of furan rings is 1. The molecule has 24 heavy (non-hydrogen) atoms. The van der Waals surface area contributed by atoms with Gasteiger partial charge < -0.3 is 9.15 Å². The first-order chi connectivity index (χ1) is 11.8. The minimum absolute atomic E-state index is 0.596. The van der Waals surface area contributed by atoms with Gasteiger partial charge in [-0.3, -0.25) is 0 Å². The largest absolute Gasteiger partial charge is 0.477 e. The van der Waals surface area contributed by atoms with E-state index >= 15 is 0 Å². The minimum atomic E-state index is 0.596. The highest BCUT2D eigenvalue weighted by molar-refractivity contribution is 7.98. The standard InChI is InChI=1S/C18H17N3O2S/c1-24-10-4-9-22-18-8-7-17-19-12-14(21(17)20-18)16-11-13-5-2-3-6-15(13)23-16/h2-3,5-8,11-12H,4,9-10H2,1H3. The van der Waals surface area contributed by atoms with E-state index in [2.05, 4.69) is 16.3 Å². The first-order valence-corrected chi connectivity index (χ1v) is 9.20. The molecule has 0 unspecified atom stereocenters. The minimum Gasteiger partial charge on any atom is -0.477 e. The fourth-order valence-corrected chi connectivity index (χ4v) is 3.00. The molecule has 0 amide bonds. The number of benzene rings is 1. The summed E-state index contributed by atoms with van der Waals surface area (Å²) in [6.45, 7) is 0.661. The van der Waals surface area contributed by atoms with E-state index in [4.69, 9.17) is 9.15 Å². The summed E-state index contributed by atoms with van der Waals surface area (Å²) in [4.78, 5) is 4.40. The van der Waals surface area contributed by atoms with Crippen molar-refractivity contribution in [2.24, 2.45) is 0 Å². The highest BCUT2D eigenvalue weighted by Crippen LogP contribution is 2.28. The Hall–Kier alpha value is -2.47. The van der Waals surface area contributed by atoms with Crippen molar-refractivity contribution < 1.29 is 9.15 Å². The van der Waals surface area contributed by atoms with Crippen LogP contribution in [0.25, 0.3) is 28.1 Å². The Morgan fingerprint density at radius 2 is 2.12 bits per heavy atom. The molecule has 3 heterocycles. The Balaban J connectivity index is 1.67. The van der Waals surface area contributed by atoms with Gasteiger partial charge in [0.15, 0.2) is 11.4 Å². The lowest BCUT2D eigenvalue weighted by Crippen LogP contribution is -2.03. The Labute approximate surface area is 143 Å². The van der Waals surface area contributed by atoms with Crippen molar-refractivity contribution in [3.05, 3.63) is 48.7 Å². The van der Waals surface area contributed by atoms with E-state index in [9.17, 15) is 0 Å². The van der Waals surface area contributed by atoms with Crippen LogP contribution in [0.15, 0.2) is 53.1 Å². The summed E-state index contributed by atoms with van der Waals surface area (Å²) in [7, 11) is 0. The molecule has 0 aliphatic carbocycles. The number of hydrogen-bond acceptors (Lipinski definition) is 5. The van der Waals surface area contributed by atoms with E-state index in [0.717, 1.165) is 40.2 Å². The number of thioether (sulfide) groups is 1. The maximum absolute atomic E-state index is 5.93. The first kappa shape index (κ1) is 15.1. The molecule has 0 atom stereocenters. The second kappa shape index (κ2) is 6.57. The van der Waals surface area contributed by atoms with E-state index < -0.39 is 0 Å². The van der Waals surface area contributed by atoms with Crippen molar-refractivity contribution in [1.82, 2.24) is 14.6 Å². The van der Waals surface area contributed by atoms with Gasteiger partial charge in [0.25, 0.3) is 0 Å². The number of nitrogens with zero attached hydrogens (tertiary/aromatic N) is 3. The molecular weight excluding hydrogens is 322 g/mol. The van der Waals surface area contributed by atoms with Crippen LogP contribution >= 0.6 is 11.8 Å². The van der Waals surface area contributed by atoms with Crippen molar-refractivity contribution in [2.45, 2.75) is 6.42 Å². The molecule has 3 aromatic heterocycles. The fourth-order valence-electron chi connectivity index (χ4n) is 2.59. The van der Waals surface area contributed by atoms with Gasteiger partial charge in [-0.25, -0.2) is 9.50 Å². The van der Waals surface area contributed by atoms with Gasteiger partial charge >= 0.3 is 0 Å². The Morgan fingerprint density at radius 3 is 3.00 bits per heavy atom. The van der Waals surface area contributed by atoms with E-state index in [0.29, 0.717) is 12.5 Å². The van der Waals surface area contributed by atoms with Gasteiger partial charge in [0.1, 0.15) is 11.3 Å². The lowest BCUT2D eigenvalue weighted by Gasteiger charge is -2.05. The first-order valence-electron chi connectivity index (χ1n) is 7.80. The molecule has 0 bridgehead atoms. The SMILES string of the molecule is CSCCCOc1ccc2ncc(-c3cc4ccccc4o3)n2n1. The van der Waals surface area contributed by atoms with E-state index in [-0.39, 0.29) is 0 Å². The Morgan fingerprint density at radius 1 is 1.21 bits per heavy atom. The molecule has 0 N–H and O–H groups in total. The van der Waals surface area contributed by atoms with Gasteiger partial charge in [-0.05, 0) is 36.6 Å². The topological polar surface area (TPSA) is 52.6 Å². The van der Waals surface area contributed by atoms with Crippen molar-refractivity contribution in [1.29, 1.82) is 0 Å². The summed E-state index contributed by atoms with van der Waals surface area (Å²) in [5.74, 6) is 2.42. The molecule has 4 aromatic rings. The predicted octanol–water partition coefficient (Wildman–Crippen LogP) is 4.27. The lowest BCUT2D eigenvalue weighted by molar-refractivity contribution is 0.302. The number of imidazole rings is 1. The number of ether oxygens (including phenoxy) is 1. The number of aromatic nitrogens is 3. The quantitative estimate of drug-likeness (QED) is 0.491. The molecular formula is C18H17N3O2S. The average Bonchev–Trinajstić information content (AvgIpc) is 3.21. The van der Waals surface area contributed by atoms with E-state index in [1.165, 1.54) is 0 Å². The predicted molar refractivity (Wildman–Crippen MR) is 96.7 cm³/mol. The monoisotopic (exact) mass is 339 g/mol. The van der Waals surface area contributed by atoms with E-state index in [1.54, 1.807) is 10.7 Å². The molecule has 0 aliphatic rings. The molecule has 0 saturated carbocycles. The van der Waals surface area contributed by atoms with Crippen LogP contribution in [-0.4, -0.2) is 33.2 Å². The number of rotatable bonds is 6. The second-order valence-electron chi connectivity index (χ2n) is 5.43. The van der Waals surface area contributed by atoms with E-state index in [1.807, 2.05) is 54.2 Å². The number of fused-ring (bicyclic) bond motifs is 2. The summed E-state index contributed by atoms with van der Waals surface area (Å²) in [6, 6.07) is 13.7. The molecule has 5 nitrogen and oxygen atoms in total. The lowest BCUT2D eigenvalue weighted by atomic mass is 10.2. The Kier molecular flexibility index (Phi) is 4.13. The van der Waals surface area contributed by atoms with Crippen LogP contribution in [0.1, 0.15) is 6.42 Å². The highest BCUT2D eigenvalue weighted by atomic mass is 32.2. The van der Waals surface area contributed by atoms with Gasteiger partial charge in [-0.2, -0.15) is 11.8 Å². The zero-order valence-electron chi connectivity index (χ0n) is 13.3. The third-order valence-corrected chi connectivity index (χ3v) is 4.46. The molecule has 0 saturated heterocycles. The zero-order valence-corrected chi connectivity index (χ0v) is 14.1. The van der Waals surface area contributed by atoms with Crippen molar-refractivity contribution in [3.8, 4) is 17.3 Å². The van der Waals surface area contributed by atoms with Gasteiger partial charge in [0, 0.05) is 11.5 Å². The van der Waals surface area contributed by atoms with Gasteiger partial charge in [-0.1, -0.05) is 18.2 Å². The van der Waals surface area contributed by atoms with Crippen molar-refractivity contribution in [3.63, 3.8) is 0 Å². The van der Waals surface area contributed by atoms with Crippen molar-refractivity contribution in [2.75, 3.05) is 18.6 Å². The van der Waals surface area contributed by atoms with Crippen LogP contribution in [0.3, 0.4) is 0 Å². The van der Waals surface area contributed by atoms with Gasteiger partial charge in [0.05, 0.1) is 12.8 Å². The zero-order chi connectivity index (χ0) is 16.4. The van der Waals surface area contributed by atoms with Crippen LogP contribution in [0.5, 0.6) is 5.88 Å². The van der Waals surface area contributed by atoms with Crippen LogP contribution in [0, 0.1) is 0 Å². The van der Waals surface area contributed by atoms with Gasteiger partial charge in [-0.15, -0.1) is 5.10 Å². The molecule has 1 aromatic carbocycles. The summed E-state index contributed by atoms with van der Waals surface area (Å²) < 4.78 is 13.4. The number of para-hydroxylation sites is 1. The molecule has 4 rings (SSSR count). The fraction of sp³-hybridized carbons (Fsp3) is 0.222. The molecule has 122 valence electrons.